The molecule has 0 saturated carbocycles. The molecule has 0 aliphatic rings. The Hall–Kier alpha value is -3.23. The number of benzene rings is 2. The number of aromatic nitrogens is 3. The summed E-state index contributed by atoms with van der Waals surface area (Å²) in [4.78, 5) is 34.4. The number of hydrogen-bond acceptors (Lipinski definition) is 6. The molecule has 0 radical (unpaired) electrons. The van der Waals surface area contributed by atoms with Gasteiger partial charge in [-0.05, 0) is 48.5 Å². The number of aryl methyl sites for hydroxylation is 1. The molecule has 2 heterocycles. The third kappa shape index (κ3) is 4.67. The number of imidazole rings is 1. The van der Waals surface area contributed by atoms with Crippen LogP contribution in [0.1, 0.15) is 32.2 Å². The average Bonchev–Trinajstić information content (AvgIpc) is 3.44. The third-order valence-electron chi connectivity index (χ3n) is 4.42. The van der Waals surface area contributed by atoms with Crippen molar-refractivity contribution >= 4 is 40.5 Å². The van der Waals surface area contributed by atoms with Crippen LogP contribution in [-0.2, 0) is 12.8 Å². The highest BCUT2D eigenvalue weighted by atomic mass is 32.2. The molecule has 0 aliphatic heterocycles. The number of thiazole rings is 1. The topological polar surface area (TPSA) is 76.9 Å². The quantitative estimate of drug-likeness (QED) is 0.338. The Balaban J connectivity index is 1.36. The molecular formula is C22H18N4O2S2. The summed E-state index contributed by atoms with van der Waals surface area (Å²) in [7, 11) is 1.78. The first kappa shape index (κ1) is 20.1. The summed E-state index contributed by atoms with van der Waals surface area (Å²) in [5.41, 5.74) is 4.59. The lowest BCUT2D eigenvalue weighted by atomic mass is 10.1. The SMILES string of the molecule is Cn1ccnc1C(=O)c1ccc(NC(=O)c2ccc(SCc3cscn3)cc2)cc1. The fourth-order valence-corrected chi connectivity index (χ4v) is 4.26. The Labute approximate surface area is 182 Å². The Bertz CT molecular complexity index is 1150. The number of amides is 1. The fraction of sp³-hybridized carbons (Fsp3) is 0.0909. The number of anilines is 1. The van der Waals surface area contributed by atoms with Crippen molar-refractivity contribution in [3.05, 3.63) is 94.5 Å². The lowest BCUT2D eigenvalue weighted by Crippen LogP contribution is -2.12. The molecule has 0 aliphatic carbocycles. The minimum Gasteiger partial charge on any atom is -0.331 e. The summed E-state index contributed by atoms with van der Waals surface area (Å²) in [6.07, 6.45) is 3.31. The van der Waals surface area contributed by atoms with Crippen molar-refractivity contribution in [2.75, 3.05) is 5.32 Å². The van der Waals surface area contributed by atoms with E-state index >= 15 is 0 Å². The molecule has 2 aromatic carbocycles. The number of nitrogens with one attached hydrogen (secondary N) is 1. The van der Waals surface area contributed by atoms with Crippen molar-refractivity contribution in [3.8, 4) is 0 Å². The molecule has 150 valence electrons. The molecule has 8 heteroatoms. The first-order valence-electron chi connectivity index (χ1n) is 9.13. The van der Waals surface area contributed by atoms with Gasteiger partial charge in [0.15, 0.2) is 5.82 Å². The van der Waals surface area contributed by atoms with Crippen molar-refractivity contribution < 1.29 is 9.59 Å². The molecular weight excluding hydrogens is 416 g/mol. The van der Waals surface area contributed by atoms with Crippen LogP contribution in [0, 0.1) is 0 Å². The molecule has 0 unspecified atom stereocenters. The summed E-state index contributed by atoms with van der Waals surface area (Å²) in [5.74, 6) is 0.818. The first-order valence-corrected chi connectivity index (χ1v) is 11.1. The molecule has 30 heavy (non-hydrogen) atoms. The Morgan fingerprint density at radius 1 is 1.03 bits per heavy atom. The van der Waals surface area contributed by atoms with Crippen LogP contribution in [0.15, 0.2) is 76.7 Å². The number of carbonyl (C=O) groups is 2. The van der Waals surface area contributed by atoms with Gasteiger partial charge in [-0.25, -0.2) is 9.97 Å². The lowest BCUT2D eigenvalue weighted by Gasteiger charge is -2.07. The van der Waals surface area contributed by atoms with Crippen LogP contribution >= 0.6 is 23.1 Å². The maximum atomic E-state index is 12.5. The number of ketones is 1. The molecule has 0 atom stereocenters. The highest BCUT2D eigenvalue weighted by Gasteiger charge is 2.14. The van der Waals surface area contributed by atoms with E-state index < -0.39 is 0 Å². The van der Waals surface area contributed by atoms with Crippen LogP contribution in [0.25, 0.3) is 0 Å². The minimum absolute atomic E-state index is 0.161. The van der Waals surface area contributed by atoms with Gasteiger partial charge in [0.05, 0.1) is 11.2 Å². The predicted molar refractivity (Wildman–Crippen MR) is 119 cm³/mol. The lowest BCUT2D eigenvalue weighted by molar-refractivity contribution is 0.102. The monoisotopic (exact) mass is 434 g/mol. The van der Waals surface area contributed by atoms with Gasteiger partial charge >= 0.3 is 0 Å². The maximum Gasteiger partial charge on any atom is 0.255 e. The van der Waals surface area contributed by atoms with E-state index in [1.165, 1.54) is 0 Å². The second-order valence-corrected chi connectivity index (χ2v) is 8.28. The smallest absolute Gasteiger partial charge is 0.255 e. The van der Waals surface area contributed by atoms with Gasteiger partial charge in [0.2, 0.25) is 5.78 Å². The highest BCUT2D eigenvalue weighted by Crippen LogP contribution is 2.23. The number of carbonyl (C=O) groups excluding carboxylic acids is 2. The Morgan fingerprint density at radius 3 is 2.40 bits per heavy atom. The Morgan fingerprint density at radius 2 is 1.77 bits per heavy atom. The van der Waals surface area contributed by atoms with Crippen LogP contribution in [-0.4, -0.2) is 26.2 Å². The normalized spacial score (nSPS) is 10.7. The summed E-state index contributed by atoms with van der Waals surface area (Å²) < 4.78 is 1.68. The van der Waals surface area contributed by atoms with E-state index in [1.807, 2.05) is 23.0 Å². The number of rotatable bonds is 7. The summed E-state index contributed by atoms with van der Waals surface area (Å²) in [6.45, 7) is 0. The minimum atomic E-state index is -0.200. The molecule has 4 rings (SSSR count). The summed E-state index contributed by atoms with van der Waals surface area (Å²) >= 11 is 3.26. The fourth-order valence-electron chi connectivity index (χ4n) is 2.79. The summed E-state index contributed by atoms with van der Waals surface area (Å²) in [6, 6.07) is 14.3. The molecule has 6 nitrogen and oxygen atoms in total. The van der Waals surface area contributed by atoms with Gasteiger partial charge in [-0.2, -0.15) is 0 Å². The van der Waals surface area contributed by atoms with Gasteiger partial charge < -0.3 is 9.88 Å². The van der Waals surface area contributed by atoms with Crippen molar-refractivity contribution in [3.63, 3.8) is 0 Å². The largest absolute Gasteiger partial charge is 0.331 e. The van der Waals surface area contributed by atoms with Crippen LogP contribution < -0.4 is 5.32 Å². The van der Waals surface area contributed by atoms with Gasteiger partial charge in [-0.3, -0.25) is 9.59 Å². The van der Waals surface area contributed by atoms with Crippen LogP contribution in [0.4, 0.5) is 5.69 Å². The van der Waals surface area contributed by atoms with E-state index in [-0.39, 0.29) is 11.7 Å². The molecule has 4 aromatic rings. The molecule has 0 saturated heterocycles. The van der Waals surface area contributed by atoms with Crippen LogP contribution in [0.3, 0.4) is 0 Å². The zero-order valence-electron chi connectivity index (χ0n) is 16.1. The van der Waals surface area contributed by atoms with Gasteiger partial charge in [-0.1, -0.05) is 0 Å². The molecule has 0 spiro atoms. The molecule has 0 bridgehead atoms. The van der Waals surface area contributed by atoms with Gasteiger partial charge in [0.25, 0.3) is 5.91 Å². The standard InChI is InChI=1S/C22H18N4O2S2/c1-26-11-10-23-21(26)20(27)15-2-6-17(7-3-15)25-22(28)16-4-8-19(9-5-16)30-13-18-12-29-14-24-18/h2-12,14H,13H2,1H3,(H,25,28). The summed E-state index contributed by atoms with van der Waals surface area (Å²) in [5, 5.41) is 4.89. The number of thioether (sulfide) groups is 1. The molecule has 2 aromatic heterocycles. The van der Waals surface area contributed by atoms with E-state index in [9.17, 15) is 9.59 Å². The third-order valence-corrected chi connectivity index (χ3v) is 6.10. The zero-order chi connectivity index (χ0) is 20.9. The zero-order valence-corrected chi connectivity index (χ0v) is 17.7. The van der Waals surface area contributed by atoms with E-state index in [4.69, 9.17) is 0 Å². The molecule has 0 fully saturated rings. The van der Waals surface area contributed by atoms with Gasteiger partial charge in [0, 0.05) is 52.3 Å². The number of hydrogen-bond donors (Lipinski definition) is 1. The van der Waals surface area contributed by atoms with E-state index in [1.54, 1.807) is 83.5 Å². The maximum absolute atomic E-state index is 12.5. The van der Waals surface area contributed by atoms with E-state index in [0.29, 0.717) is 22.6 Å². The van der Waals surface area contributed by atoms with Gasteiger partial charge in [-0.15, -0.1) is 23.1 Å². The Kier molecular flexibility index (Phi) is 6.06. The van der Waals surface area contributed by atoms with Crippen LogP contribution in [0.2, 0.25) is 0 Å². The number of nitrogens with zero attached hydrogens (tertiary/aromatic N) is 3. The second-order valence-electron chi connectivity index (χ2n) is 6.52. The second kappa shape index (κ2) is 9.06. The van der Waals surface area contributed by atoms with Crippen molar-refractivity contribution in [2.45, 2.75) is 10.6 Å². The van der Waals surface area contributed by atoms with Crippen molar-refractivity contribution in [2.24, 2.45) is 7.05 Å². The van der Waals surface area contributed by atoms with Gasteiger partial charge in [0.1, 0.15) is 0 Å². The highest BCUT2D eigenvalue weighted by molar-refractivity contribution is 7.98. The first-order chi connectivity index (χ1) is 14.6. The van der Waals surface area contributed by atoms with Crippen LogP contribution in [0.5, 0.6) is 0 Å². The molecule has 1 amide bonds. The van der Waals surface area contributed by atoms with Crippen molar-refractivity contribution in [1.82, 2.24) is 14.5 Å². The predicted octanol–water partition coefficient (Wildman–Crippen LogP) is 4.65. The average molecular weight is 435 g/mol. The van der Waals surface area contributed by atoms with E-state index in [2.05, 4.69) is 15.3 Å². The molecule has 1 N–H and O–H groups in total. The van der Waals surface area contributed by atoms with Crippen molar-refractivity contribution in [1.29, 1.82) is 0 Å². The van der Waals surface area contributed by atoms with E-state index in [0.717, 1.165) is 16.3 Å².